The molecule has 0 spiro atoms. The molecule has 0 aliphatic heterocycles. The number of hydrogen-bond acceptors (Lipinski definition) is 2. The Hall–Kier alpha value is -1.00. The lowest BCUT2D eigenvalue weighted by Crippen LogP contribution is -2.28. The fourth-order valence-corrected chi connectivity index (χ4v) is 1.23. The Labute approximate surface area is 84.7 Å². The first kappa shape index (κ1) is 11.1. The first-order valence-corrected chi connectivity index (χ1v) is 4.26. The number of Topliss-reactive ketones (excluding diaryl/α,β-unsaturated/α-hetero) is 1. The van der Waals surface area contributed by atoms with Crippen LogP contribution >= 0.6 is 11.6 Å². The van der Waals surface area contributed by atoms with Gasteiger partial charge in [0.05, 0.1) is 16.6 Å². The molecule has 1 aromatic carbocycles. The highest BCUT2D eigenvalue weighted by atomic mass is 35.5. The first-order valence-electron chi connectivity index (χ1n) is 3.88. The second-order valence-corrected chi connectivity index (χ2v) is 3.25. The molecule has 0 amide bonds. The maximum absolute atomic E-state index is 13.1. The summed E-state index contributed by atoms with van der Waals surface area (Å²) in [5.41, 5.74) is 4.77. The molecule has 1 atom stereocenters. The van der Waals surface area contributed by atoms with E-state index in [4.69, 9.17) is 17.3 Å². The SMILES string of the molecule is CC(N)C(=O)c1c(F)ccc(F)c1Cl. The quantitative estimate of drug-likeness (QED) is 0.612. The van der Waals surface area contributed by atoms with E-state index >= 15 is 0 Å². The third-order valence-corrected chi connectivity index (χ3v) is 2.07. The number of benzene rings is 1. The molecule has 2 nitrogen and oxygen atoms in total. The predicted octanol–water partition coefficient (Wildman–Crippen LogP) is 2.15. The molecule has 1 unspecified atom stereocenters. The highest BCUT2D eigenvalue weighted by Gasteiger charge is 2.21. The molecule has 0 heterocycles. The lowest BCUT2D eigenvalue weighted by Gasteiger charge is -2.07. The number of nitrogens with two attached hydrogens (primary N) is 1. The Bertz CT molecular complexity index is 379. The number of rotatable bonds is 2. The average molecular weight is 220 g/mol. The Morgan fingerprint density at radius 2 is 1.93 bits per heavy atom. The summed E-state index contributed by atoms with van der Waals surface area (Å²) >= 11 is 5.45. The van der Waals surface area contributed by atoms with Crippen molar-refractivity contribution in [3.63, 3.8) is 0 Å². The van der Waals surface area contributed by atoms with E-state index in [2.05, 4.69) is 0 Å². The van der Waals surface area contributed by atoms with Gasteiger partial charge in [0.1, 0.15) is 11.6 Å². The lowest BCUT2D eigenvalue weighted by atomic mass is 10.1. The highest BCUT2D eigenvalue weighted by molar-refractivity contribution is 6.34. The number of halogens is 3. The van der Waals surface area contributed by atoms with Crippen molar-refractivity contribution >= 4 is 17.4 Å². The first-order chi connectivity index (χ1) is 6.45. The van der Waals surface area contributed by atoms with Crippen molar-refractivity contribution in [2.45, 2.75) is 13.0 Å². The minimum absolute atomic E-state index is 0.485. The van der Waals surface area contributed by atoms with Crippen molar-refractivity contribution < 1.29 is 13.6 Å². The smallest absolute Gasteiger partial charge is 0.183 e. The van der Waals surface area contributed by atoms with Gasteiger partial charge in [-0.2, -0.15) is 0 Å². The van der Waals surface area contributed by atoms with E-state index in [1.807, 2.05) is 0 Å². The van der Waals surface area contributed by atoms with Crippen LogP contribution in [0.25, 0.3) is 0 Å². The topological polar surface area (TPSA) is 43.1 Å². The summed E-state index contributed by atoms with van der Waals surface area (Å²) in [7, 11) is 0. The van der Waals surface area contributed by atoms with Crippen LogP contribution in [0.15, 0.2) is 12.1 Å². The summed E-state index contributed by atoms with van der Waals surface area (Å²) < 4.78 is 26.0. The van der Waals surface area contributed by atoms with Crippen molar-refractivity contribution in [3.05, 3.63) is 34.4 Å². The molecular weight excluding hydrogens is 212 g/mol. The molecule has 5 heteroatoms. The van der Waals surface area contributed by atoms with Gasteiger partial charge >= 0.3 is 0 Å². The van der Waals surface area contributed by atoms with Gasteiger partial charge < -0.3 is 5.73 Å². The molecule has 0 aliphatic carbocycles. The maximum atomic E-state index is 13.1. The van der Waals surface area contributed by atoms with E-state index in [-0.39, 0.29) is 0 Å². The maximum Gasteiger partial charge on any atom is 0.183 e. The number of carbonyl (C=O) groups excluding carboxylic acids is 1. The molecule has 14 heavy (non-hydrogen) atoms. The zero-order valence-electron chi connectivity index (χ0n) is 7.35. The molecule has 1 aromatic rings. The Morgan fingerprint density at radius 3 is 2.43 bits per heavy atom. The average Bonchev–Trinajstić information content (AvgIpc) is 2.12. The highest BCUT2D eigenvalue weighted by Crippen LogP contribution is 2.23. The van der Waals surface area contributed by atoms with Crippen LogP contribution in [0.4, 0.5) is 8.78 Å². The Kier molecular flexibility index (Phi) is 3.18. The molecule has 0 bridgehead atoms. The molecule has 0 radical (unpaired) electrons. The molecule has 76 valence electrons. The zero-order valence-corrected chi connectivity index (χ0v) is 8.11. The summed E-state index contributed by atoms with van der Waals surface area (Å²) in [6.45, 7) is 1.38. The third-order valence-electron chi connectivity index (χ3n) is 1.70. The third kappa shape index (κ3) is 1.91. The second-order valence-electron chi connectivity index (χ2n) is 2.87. The van der Waals surface area contributed by atoms with E-state index in [1.54, 1.807) is 0 Å². The lowest BCUT2D eigenvalue weighted by molar-refractivity contribution is 0.0963. The second kappa shape index (κ2) is 4.02. The van der Waals surface area contributed by atoms with E-state index < -0.39 is 34.0 Å². The minimum Gasteiger partial charge on any atom is -0.321 e. The summed E-state index contributed by atoms with van der Waals surface area (Å²) in [6, 6.07) is 0.788. The van der Waals surface area contributed by atoms with Crippen LogP contribution in [0, 0.1) is 11.6 Å². The van der Waals surface area contributed by atoms with Crippen molar-refractivity contribution in [3.8, 4) is 0 Å². The van der Waals surface area contributed by atoms with E-state index in [9.17, 15) is 13.6 Å². The summed E-state index contributed by atoms with van der Waals surface area (Å²) in [6.07, 6.45) is 0. The number of ketones is 1. The summed E-state index contributed by atoms with van der Waals surface area (Å²) in [5, 5.41) is -0.521. The van der Waals surface area contributed by atoms with Gasteiger partial charge in [0.25, 0.3) is 0 Å². The number of hydrogen-bond donors (Lipinski definition) is 1. The standard InChI is InChI=1S/C9H8ClF2NO/c1-4(13)9(14)7-5(11)2-3-6(12)8(7)10/h2-4H,13H2,1H3. The molecule has 0 aliphatic rings. The van der Waals surface area contributed by atoms with E-state index in [0.717, 1.165) is 12.1 Å². The van der Waals surface area contributed by atoms with Crippen LogP contribution in [0.2, 0.25) is 5.02 Å². The van der Waals surface area contributed by atoms with Gasteiger partial charge in [-0.15, -0.1) is 0 Å². The number of carbonyl (C=O) groups is 1. The van der Waals surface area contributed by atoms with E-state index in [0.29, 0.717) is 0 Å². The van der Waals surface area contributed by atoms with E-state index in [1.165, 1.54) is 6.92 Å². The van der Waals surface area contributed by atoms with Gasteiger partial charge in [0, 0.05) is 0 Å². The van der Waals surface area contributed by atoms with Gasteiger partial charge in [0.2, 0.25) is 0 Å². The zero-order chi connectivity index (χ0) is 10.9. The van der Waals surface area contributed by atoms with Gasteiger partial charge in [-0.3, -0.25) is 4.79 Å². The van der Waals surface area contributed by atoms with Gasteiger partial charge in [-0.25, -0.2) is 8.78 Å². The van der Waals surface area contributed by atoms with Crippen LogP contribution in [0.1, 0.15) is 17.3 Å². The monoisotopic (exact) mass is 219 g/mol. The fraction of sp³-hybridized carbons (Fsp3) is 0.222. The van der Waals surface area contributed by atoms with Crippen molar-refractivity contribution in [2.75, 3.05) is 0 Å². The van der Waals surface area contributed by atoms with Gasteiger partial charge in [-0.1, -0.05) is 11.6 Å². The van der Waals surface area contributed by atoms with Crippen LogP contribution in [-0.2, 0) is 0 Å². The van der Waals surface area contributed by atoms with Crippen LogP contribution in [-0.4, -0.2) is 11.8 Å². The Morgan fingerprint density at radius 1 is 1.43 bits per heavy atom. The molecule has 0 saturated heterocycles. The van der Waals surface area contributed by atoms with Crippen molar-refractivity contribution in [1.29, 1.82) is 0 Å². The largest absolute Gasteiger partial charge is 0.321 e. The molecule has 1 rings (SSSR count). The predicted molar refractivity (Wildman–Crippen MR) is 49.3 cm³/mol. The summed E-state index contributed by atoms with van der Waals surface area (Å²) in [5.74, 6) is -2.41. The van der Waals surface area contributed by atoms with Crippen LogP contribution < -0.4 is 5.73 Å². The van der Waals surface area contributed by atoms with Gasteiger partial charge in [-0.05, 0) is 19.1 Å². The molecular formula is C9H8ClF2NO. The molecule has 0 fully saturated rings. The Balaban J connectivity index is 3.33. The van der Waals surface area contributed by atoms with Crippen LogP contribution in [0.5, 0.6) is 0 Å². The molecule has 0 aromatic heterocycles. The molecule has 0 saturated carbocycles. The minimum atomic E-state index is -0.913. The fourth-order valence-electron chi connectivity index (χ4n) is 0.981. The van der Waals surface area contributed by atoms with Gasteiger partial charge in [0.15, 0.2) is 5.78 Å². The normalized spacial score (nSPS) is 12.6. The van der Waals surface area contributed by atoms with Crippen molar-refractivity contribution in [1.82, 2.24) is 0 Å². The summed E-state index contributed by atoms with van der Waals surface area (Å²) in [4.78, 5) is 11.3. The van der Waals surface area contributed by atoms with Crippen LogP contribution in [0.3, 0.4) is 0 Å². The molecule has 2 N–H and O–H groups in total. The van der Waals surface area contributed by atoms with Crippen molar-refractivity contribution in [2.24, 2.45) is 5.73 Å².